The van der Waals surface area contributed by atoms with Crippen molar-refractivity contribution in [2.24, 2.45) is 5.92 Å². The Balaban J connectivity index is 1.81. The van der Waals surface area contributed by atoms with Crippen LogP contribution >= 0.6 is 0 Å². The summed E-state index contributed by atoms with van der Waals surface area (Å²) >= 11 is 0. The summed E-state index contributed by atoms with van der Waals surface area (Å²) in [6.45, 7) is 3.02. The van der Waals surface area contributed by atoms with Gasteiger partial charge in [-0.15, -0.1) is 0 Å². The van der Waals surface area contributed by atoms with Gasteiger partial charge in [0.2, 0.25) is 11.8 Å². The Morgan fingerprint density at radius 1 is 0.773 bits per heavy atom. The van der Waals surface area contributed by atoms with E-state index in [9.17, 15) is 22.4 Å². The lowest BCUT2D eigenvalue weighted by atomic mass is 10.0. The standard InChI is InChI=1S/C34H35F2N3O4S/c1-25(2)22-37-34(41)32(21-26-13-5-3-6-14-26)38(23-27-15-9-10-18-29(27)35)33(40)24-39(31-20-12-11-19-30(31)36)44(42,43)28-16-7-4-8-17-28/h3-20,25,32H,21-24H2,1-2H3,(H,37,41)/t32-/m1/s1. The third kappa shape index (κ3) is 8.08. The van der Waals surface area contributed by atoms with Gasteiger partial charge in [0.25, 0.3) is 10.0 Å². The van der Waals surface area contributed by atoms with Gasteiger partial charge in [-0.1, -0.05) is 92.7 Å². The highest BCUT2D eigenvalue weighted by Gasteiger charge is 2.35. The Morgan fingerprint density at radius 3 is 1.95 bits per heavy atom. The van der Waals surface area contributed by atoms with Crippen molar-refractivity contribution < 1.29 is 26.8 Å². The third-order valence-corrected chi connectivity index (χ3v) is 8.76. The molecule has 10 heteroatoms. The number of para-hydroxylation sites is 1. The average molecular weight is 620 g/mol. The van der Waals surface area contributed by atoms with Crippen LogP contribution in [-0.2, 0) is 32.6 Å². The van der Waals surface area contributed by atoms with Crippen molar-refractivity contribution in [3.05, 3.63) is 132 Å². The number of hydrogen-bond donors (Lipinski definition) is 1. The molecule has 0 bridgehead atoms. The number of hydrogen-bond acceptors (Lipinski definition) is 4. The van der Waals surface area contributed by atoms with Crippen LogP contribution < -0.4 is 9.62 Å². The molecule has 0 saturated heterocycles. The fraction of sp³-hybridized carbons (Fsp3) is 0.235. The molecule has 0 heterocycles. The van der Waals surface area contributed by atoms with Crippen molar-refractivity contribution >= 4 is 27.5 Å². The van der Waals surface area contributed by atoms with Crippen LogP contribution in [0.3, 0.4) is 0 Å². The summed E-state index contributed by atoms with van der Waals surface area (Å²) in [5, 5.41) is 2.87. The number of halogens is 2. The highest BCUT2D eigenvalue weighted by Crippen LogP contribution is 2.27. The summed E-state index contributed by atoms with van der Waals surface area (Å²) in [5.74, 6) is -2.61. The van der Waals surface area contributed by atoms with Gasteiger partial charge in [-0.3, -0.25) is 13.9 Å². The molecule has 0 aliphatic rings. The van der Waals surface area contributed by atoms with E-state index in [1.807, 2.05) is 19.9 Å². The Morgan fingerprint density at radius 2 is 1.34 bits per heavy atom. The monoisotopic (exact) mass is 619 g/mol. The molecule has 7 nitrogen and oxygen atoms in total. The van der Waals surface area contributed by atoms with Crippen LogP contribution in [0.1, 0.15) is 25.0 Å². The Hall–Kier alpha value is -4.57. The maximum Gasteiger partial charge on any atom is 0.264 e. The Labute approximate surface area is 257 Å². The van der Waals surface area contributed by atoms with E-state index in [1.54, 1.807) is 36.4 Å². The summed E-state index contributed by atoms with van der Waals surface area (Å²) in [5.41, 5.74) is 0.546. The quantitative estimate of drug-likeness (QED) is 0.212. The number of rotatable bonds is 13. The maximum atomic E-state index is 15.1. The Kier molecular flexibility index (Phi) is 10.8. The molecule has 230 valence electrons. The molecular weight excluding hydrogens is 584 g/mol. The van der Waals surface area contributed by atoms with E-state index >= 15 is 4.39 Å². The van der Waals surface area contributed by atoms with Gasteiger partial charge in [0.1, 0.15) is 24.2 Å². The van der Waals surface area contributed by atoms with Gasteiger partial charge in [0.15, 0.2) is 0 Å². The summed E-state index contributed by atoms with van der Waals surface area (Å²) in [4.78, 5) is 29.0. The van der Waals surface area contributed by atoms with Crippen molar-refractivity contribution in [2.75, 3.05) is 17.4 Å². The molecule has 4 rings (SSSR count). The zero-order valence-corrected chi connectivity index (χ0v) is 25.4. The fourth-order valence-electron chi connectivity index (χ4n) is 4.67. The molecule has 0 aliphatic heterocycles. The topological polar surface area (TPSA) is 86.8 Å². The van der Waals surface area contributed by atoms with Gasteiger partial charge < -0.3 is 10.2 Å². The third-order valence-electron chi connectivity index (χ3n) is 6.99. The fourth-order valence-corrected chi connectivity index (χ4v) is 6.12. The van der Waals surface area contributed by atoms with Crippen molar-refractivity contribution in [3.63, 3.8) is 0 Å². The van der Waals surface area contributed by atoms with E-state index in [0.717, 1.165) is 11.6 Å². The van der Waals surface area contributed by atoms with E-state index in [0.29, 0.717) is 10.8 Å². The van der Waals surface area contributed by atoms with Crippen molar-refractivity contribution in [1.82, 2.24) is 10.2 Å². The molecule has 0 saturated carbocycles. The van der Waals surface area contributed by atoms with Gasteiger partial charge in [-0.25, -0.2) is 17.2 Å². The zero-order chi connectivity index (χ0) is 31.7. The van der Waals surface area contributed by atoms with Crippen LogP contribution in [0.15, 0.2) is 114 Å². The number of nitrogens with zero attached hydrogens (tertiary/aromatic N) is 2. The van der Waals surface area contributed by atoms with Crippen LogP contribution in [0.2, 0.25) is 0 Å². The van der Waals surface area contributed by atoms with Gasteiger partial charge in [-0.05, 0) is 41.8 Å². The molecule has 1 N–H and O–H groups in total. The summed E-state index contributed by atoms with van der Waals surface area (Å²) in [6, 6.07) is 26.4. The molecule has 4 aromatic rings. The molecule has 44 heavy (non-hydrogen) atoms. The first-order chi connectivity index (χ1) is 21.1. The van der Waals surface area contributed by atoms with Crippen LogP contribution in [0.25, 0.3) is 0 Å². The molecule has 2 amide bonds. The number of nitrogens with one attached hydrogen (secondary N) is 1. The molecule has 1 atom stereocenters. The van der Waals surface area contributed by atoms with Crippen LogP contribution in [0, 0.1) is 17.6 Å². The number of carbonyl (C=O) groups is 2. The predicted octanol–water partition coefficient (Wildman–Crippen LogP) is 5.57. The van der Waals surface area contributed by atoms with E-state index in [-0.39, 0.29) is 35.0 Å². The molecule has 0 aromatic heterocycles. The van der Waals surface area contributed by atoms with E-state index in [1.165, 1.54) is 65.6 Å². The molecule has 0 unspecified atom stereocenters. The highest BCUT2D eigenvalue weighted by molar-refractivity contribution is 7.92. The summed E-state index contributed by atoms with van der Waals surface area (Å²) < 4.78 is 58.5. The van der Waals surface area contributed by atoms with Crippen molar-refractivity contribution in [1.29, 1.82) is 0 Å². The SMILES string of the molecule is CC(C)CNC(=O)[C@@H](Cc1ccccc1)N(Cc1ccccc1F)C(=O)CN(c1ccccc1F)S(=O)(=O)c1ccccc1. The van der Waals surface area contributed by atoms with Crippen LogP contribution in [0.5, 0.6) is 0 Å². The van der Waals surface area contributed by atoms with E-state index < -0.39 is 46.1 Å². The normalized spacial score (nSPS) is 12.0. The second-order valence-corrected chi connectivity index (χ2v) is 12.6. The average Bonchev–Trinajstić information content (AvgIpc) is 3.02. The molecular formula is C34H35F2N3O4S. The molecule has 0 aliphatic carbocycles. The van der Waals surface area contributed by atoms with Crippen LogP contribution in [0.4, 0.5) is 14.5 Å². The van der Waals surface area contributed by atoms with E-state index in [4.69, 9.17) is 0 Å². The number of sulfonamides is 1. The van der Waals surface area contributed by atoms with Crippen LogP contribution in [-0.4, -0.2) is 44.3 Å². The lowest BCUT2D eigenvalue weighted by molar-refractivity contribution is -0.140. The number of carbonyl (C=O) groups excluding carboxylic acids is 2. The summed E-state index contributed by atoms with van der Waals surface area (Å²) in [6.07, 6.45) is 0.0795. The lowest BCUT2D eigenvalue weighted by Gasteiger charge is -2.34. The second kappa shape index (κ2) is 14.7. The summed E-state index contributed by atoms with van der Waals surface area (Å²) in [7, 11) is -4.44. The first-order valence-corrected chi connectivity index (χ1v) is 15.7. The predicted molar refractivity (Wildman–Crippen MR) is 166 cm³/mol. The maximum absolute atomic E-state index is 15.1. The highest BCUT2D eigenvalue weighted by atomic mass is 32.2. The number of anilines is 1. The smallest absolute Gasteiger partial charge is 0.264 e. The second-order valence-electron chi connectivity index (χ2n) is 10.7. The van der Waals surface area contributed by atoms with E-state index in [2.05, 4.69) is 5.32 Å². The van der Waals surface area contributed by atoms with Crippen molar-refractivity contribution in [3.8, 4) is 0 Å². The van der Waals surface area contributed by atoms with Crippen molar-refractivity contribution in [2.45, 2.75) is 37.8 Å². The van der Waals surface area contributed by atoms with Gasteiger partial charge in [0, 0.05) is 25.1 Å². The first-order valence-electron chi connectivity index (χ1n) is 14.2. The molecule has 4 aromatic carbocycles. The number of benzene rings is 4. The minimum Gasteiger partial charge on any atom is -0.354 e. The minimum atomic E-state index is -4.44. The molecule has 0 fully saturated rings. The largest absolute Gasteiger partial charge is 0.354 e. The van der Waals surface area contributed by atoms with Gasteiger partial charge in [0.05, 0.1) is 10.6 Å². The molecule has 0 spiro atoms. The molecule has 0 radical (unpaired) electrons. The minimum absolute atomic E-state index is 0.0795. The van der Waals surface area contributed by atoms with Gasteiger partial charge in [-0.2, -0.15) is 0 Å². The first kappa shape index (κ1) is 32.3. The lowest BCUT2D eigenvalue weighted by Crippen LogP contribution is -2.54. The van der Waals surface area contributed by atoms with Gasteiger partial charge >= 0.3 is 0 Å². The zero-order valence-electron chi connectivity index (χ0n) is 24.6. The Bertz CT molecular complexity index is 1670. The number of amides is 2.